The van der Waals surface area contributed by atoms with Gasteiger partial charge in [-0.1, -0.05) is 19.9 Å². The summed E-state index contributed by atoms with van der Waals surface area (Å²) in [6.07, 6.45) is 0.0404. The van der Waals surface area contributed by atoms with Gasteiger partial charge in [0.25, 0.3) is 0 Å². The van der Waals surface area contributed by atoms with Crippen LogP contribution in [-0.2, 0) is 0 Å². The second-order valence-corrected chi connectivity index (χ2v) is 6.22. The number of methoxy groups -OCH3 is 1. The van der Waals surface area contributed by atoms with Gasteiger partial charge in [0, 0.05) is 11.8 Å². The molecular weight excluding hydrogens is 302 g/mol. The van der Waals surface area contributed by atoms with Gasteiger partial charge in [-0.2, -0.15) is 0 Å². The molecule has 2 aromatic rings. The lowest BCUT2D eigenvalue weighted by molar-refractivity contribution is 0.234. The molecule has 0 heterocycles. The second-order valence-electron chi connectivity index (χ2n) is 6.22. The van der Waals surface area contributed by atoms with Crippen molar-refractivity contribution in [1.82, 2.24) is 0 Å². The van der Waals surface area contributed by atoms with Gasteiger partial charge in [0.2, 0.25) is 0 Å². The third-order valence-corrected chi connectivity index (χ3v) is 3.41. The molecule has 1 N–H and O–H groups in total. The molecule has 0 bridgehead atoms. The van der Waals surface area contributed by atoms with Gasteiger partial charge in [-0.3, -0.25) is 0 Å². The quantitative estimate of drug-likeness (QED) is 0.729. The molecule has 0 aliphatic rings. The molecule has 0 spiro atoms. The van der Waals surface area contributed by atoms with Crippen molar-refractivity contribution in [2.24, 2.45) is 5.92 Å². The van der Waals surface area contributed by atoms with Gasteiger partial charge >= 0.3 is 0 Å². The highest BCUT2D eigenvalue weighted by Crippen LogP contribution is 2.20. The van der Waals surface area contributed by atoms with E-state index in [1.54, 1.807) is 7.11 Å². The van der Waals surface area contributed by atoms with Crippen LogP contribution >= 0.6 is 0 Å². The van der Waals surface area contributed by atoms with Crippen LogP contribution in [0.4, 0.5) is 5.69 Å². The fraction of sp³-hybridized carbons (Fsp3) is 0.400. The fourth-order valence-electron chi connectivity index (χ4n) is 2.15. The summed E-state index contributed by atoms with van der Waals surface area (Å²) in [5.41, 5.74) is 1.03. The van der Waals surface area contributed by atoms with E-state index >= 15 is 0 Å². The highest BCUT2D eigenvalue weighted by atomic mass is 16.5. The topological polar surface area (TPSA) is 39.7 Å². The molecule has 0 aromatic heterocycles. The Balaban J connectivity index is 1.82. The fourth-order valence-corrected chi connectivity index (χ4v) is 2.15. The average Bonchev–Trinajstić information content (AvgIpc) is 2.59. The van der Waals surface area contributed by atoms with Gasteiger partial charge in [0.05, 0.1) is 20.3 Å². The Morgan fingerprint density at radius 2 is 1.62 bits per heavy atom. The lowest BCUT2D eigenvalue weighted by Gasteiger charge is -2.17. The maximum Gasteiger partial charge on any atom is 0.121 e. The Bertz CT molecular complexity index is 611. The number of ether oxygens (including phenoxy) is 3. The van der Waals surface area contributed by atoms with Gasteiger partial charge in [-0.05, 0) is 49.2 Å². The Morgan fingerprint density at radius 1 is 0.917 bits per heavy atom. The highest BCUT2D eigenvalue weighted by molar-refractivity contribution is 5.48. The highest BCUT2D eigenvalue weighted by Gasteiger charge is 2.05. The molecule has 4 heteroatoms. The summed E-state index contributed by atoms with van der Waals surface area (Å²) >= 11 is 0. The van der Waals surface area contributed by atoms with Crippen LogP contribution in [0.15, 0.2) is 48.5 Å². The zero-order chi connectivity index (χ0) is 17.4. The maximum absolute atomic E-state index is 5.90. The minimum atomic E-state index is 0.0404. The van der Waals surface area contributed by atoms with Crippen molar-refractivity contribution < 1.29 is 14.2 Å². The summed E-state index contributed by atoms with van der Waals surface area (Å²) in [5.74, 6) is 3.06. The monoisotopic (exact) mass is 329 g/mol. The molecular formula is C20H27NO3. The van der Waals surface area contributed by atoms with Crippen molar-refractivity contribution in [3.63, 3.8) is 0 Å². The Labute approximate surface area is 144 Å². The minimum absolute atomic E-state index is 0.0404. The summed E-state index contributed by atoms with van der Waals surface area (Å²) in [7, 11) is 1.65. The lowest BCUT2D eigenvalue weighted by Crippen LogP contribution is -2.22. The predicted octanol–water partition coefficient (Wildman–Crippen LogP) is 4.61. The molecule has 4 nitrogen and oxygen atoms in total. The summed E-state index contributed by atoms with van der Waals surface area (Å²) in [5, 5.41) is 3.39. The van der Waals surface area contributed by atoms with Crippen LogP contribution in [0.2, 0.25) is 0 Å². The second kappa shape index (κ2) is 9.06. The molecule has 130 valence electrons. The molecule has 0 aliphatic carbocycles. The first-order chi connectivity index (χ1) is 11.6. The summed E-state index contributed by atoms with van der Waals surface area (Å²) in [6.45, 7) is 7.75. The van der Waals surface area contributed by atoms with Crippen molar-refractivity contribution in [3.8, 4) is 17.2 Å². The van der Waals surface area contributed by atoms with E-state index in [-0.39, 0.29) is 6.10 Å². The first kappa shape index (κ1) is 18.0. The van der Waals surface area contributed by atoms with Crippen LogP contribution in [0.3, 0.4) is 0 Å². The van der Waals surface area contributed by atoms with Gasteiger partial charge in [-0.15, -0.1) is 0 Å². The van der Waals surface area contributed by atoms with Crippen LogP contribution in [0.5, 0.6) is 17.2 Å². The van der Waals surface area contributed by atoms with Crippen LogP contribution in [0, 0.1) is 5.92 Å². The van der Waals surface area contributed by atoms with Gasteiger partial charge in [0.1, 0.15) is 23.4 Å². The molecule has 0 amide bonds. The van der Waals surface area contributed by atoms with Crippen LogP contribution in [-0.4, -0.2) is 26.4 Å². The first-order valence-electron chi connectivity index (χ1n) is 8.34. The Kier molecular flexibility index (Phi) is 6.79. The summed E-state index contributed by atoms with van der Waals surface area (Å²) < 4.78 is 16.8. The summed E-state index contributed by atoms with van der Waals surface area (Å²) in [4.78, 5) is 0. The van der Waals surface area contributed by atoms with Crippen LogP contribution in [0.1, 0.15) is 20.8 Å². The van der Waals surface area contributed by atoms with E-state index in [2.05, 4.69) is 19.2 Å². The van der Waals surface area contributed by atoms with E-state index in [1.807, 2.05) is 55.5 Å². The van der Waals surface area contributed by atoms with E-state index in [4.69, 9.17) is 14.2 Å². The smallest absolute Gasteiger partial charge is 0.121 e. The van der Waals surface area contributed by atoms with E-state index in [0.717, 1.165) is 29.5 Å². The number of benzene rings is 2. The molecule has 1 unspecified atom stereocenters. The van der Waals surface area contributed by atoms with Crippen LogP contribution in [0.25, 0.3) is 0 Å². The molecule has 0 saturated carbocycles. The Morgan fingerprint density at radius 3 is 2.29 bits per heavy atom. The van der Waals surface area contributed by atoms with E-state index in [1.165, 1.54) is 0 Å². The first-order valence-corrected chi connectivity index (χ1v) is 8.34. The zero-order valence-corrected chi connectivity index (χ0v) is 14.9. The molecule has 24 heavy (non-hydrogen) atoms. The molecule has 2 rings (SSSR count). The number of hydrogen-bond donors (Lipinski definition) is 1. The van der Waals surface area contributed by atoms with Crippen molar-refractivity contribution in [2.45, 2.75) is 26.9 Å². The molecule has 2 aromatic carbocycles. The maximum atomic E-state index is 5.90. The Hall–Kier alpha value is -2.36. The van der Waals surface area contributed by atoms with Gasteiger partial charge < -0.3 is 19.5 Å². The van der Waals surface area contributed by atoms with E-state index in [0.29, 0.717) is 12.5 Å². The van der Waals surface area contributed by atoms with E-state index < -0.39 is 0 Å². The van der Waals surface area contributed by atoms with Gasteiger partial charge in [-0.25, -0.2) is 0 Å². The average molecular weight is 329 g/mol. The standard InChI is InChI=1S/C20H27NO3/c1-15(2)14-23-20-7-5-6-17(12-20)21-13-16(3)24-19-10-8-18(22-4)9-11-19/h5-12,15-16,21H,13-14H2,1-4H3. The minimum Gasteiger partial charge on any atom is -0.497 e. The van der Waals surface area contributed by atoms with Crippen molar-refractivity contribution in [3.05, 3.63) is 48.5 Å². The number of hydrogen-bond acceptors (Lipinski definition) is 4. The third-order valence-electron chi connectivity index (χ3n) is 3.41. The molecule has 0 saturated heterocycles. The van der Waals surface area contributed by atoms with E-state index in [9.17, 15) is 0 Å². The van der Waals surface area contributed by atoms with Crippen molar-refractivity contribution in [1.29, 1.82) is 0 Å². The third kappa shape index (κ3) is 6.03. The van der Waals surface area contributed by atoms with Crippen molar-refractivity contribution >= 4 is 5.69 Å². The molecule has 0 radical (unpaired) electrons. The molecule has 0 fully saturated rings. The largest absolute Gasteiger partial charge is 0.497 e. The molecule has 1 atom stereocenters. The lowest BCUT2D eigenvalue weighted by atomic mass is 10.2. The SMILES string of the molecule is COc1ccc(OC(C)CNc2cccc(OCC(C)C)c2)cc1. The number of anilines is 1. The zero-order valence-electron chi connectivity index (χ0n) is 14.9. The predicted molar refractivity (Wildman–Crippen MR) is 98.3 cm³/mol. The number of rotatable bonds is 9. The van der Waals surface area contributed by atoms with Crippen molar-refractivity contribution in [2.75, 3.05) is 25.6 Å². The van der Waals surface area contributed by atoms with Crippen LogP contribution < -0.4 is 19.5 Å². The normalized spacial score (nSPS) is 11.9. The number of nitrogens with one attached hydrogen (secondary N) is 1. The summed E-state index contributed by atoms with van der Waals surface area (Å²) in [6, 6.07) is 15.6. The van der Waals surface area contributed by atoms with Gasteiger partial charge in [0.15, 0.2) is 0 Å². The molecule has 0 aliphatic heterocycles.